The number of unbranched alkanes of at least 4 members (excludes halogenated alkanes) is 1. The van der Waals surface area contributed by atoms with Crippen LogP contribution in [0.3, 0.4) is 0 Å². The third-order valence-corrected chi connectivity index (χ3v) is 5.71. The lowest BCUT2D eigenvalue weighted by molar-refractivity contribution is -0.155. The van der Waals surface area contributed by atoms with E-state index in [0.29, 0.717) is 12.1 Å². The Morgan fingerprint density at radius 3 is 2.50 bits per heavy atom. The van der Waals surface area contributed by atoms with E-state index in [1.54, 1.807) is 18.3 Å². The lowest BCUT2D eigenvalue weighted by atomic mass is 10.2. The van der Waals surface area contributed by atoms with Gasteiger partial charge in [-0.2, -0.15) is 0 Å². The zero-order valence-electron chi connectivity index (χ0n) is 17.6. The molecule has 0 unspecified atom stereocenters. The minimum Gasteiger partial charge on any atom is -0.474 e. The number of esters is 2. The summed E-state index contributed by atoms with van der Waals surface area (Å²) in [5.41, 5.74) is 1.68. The summed E-state index contributed by atoms with van der Waals surface area (Å²) >= 11 is 0. The van der Waals surface area contributed by atoms with E-state index in [1.165, 1.54) is 10.2 Å². The number of piperazine rings is 1. The van der Waals surface area contributed by atoms with Crippen LogP contribution in [0.25, 0.3) is 5.52 Å². The van der Waals surface area contributed by atoms with Gasteiger partial charge in [-0.25, -0.2) is 14.1 Å². The van der Waals surface area contributed by atoms with Crippen molar-refractivity contribution in [3.63, 3.8) is 0 Å². The van der Waals surface area contributed by atoms with Gasteiger partial charge in [-0.15, -0.1) is 5.10 Å². The molecule has 0 spiro atoms. The van der Waals surface area contributed by atoms with Crippen molar-refractivity contribution in [2.24, 2.45) is 0 Å². The molecule has 1 aromatic carbocycles. The topological polar surface area (TPSA) is 85.6 Å². The van der Waals surface area contributed by atoms with E-state index in [2.05, 4.69) is 39.2 Å². The SMILES string of the molecule is O=C1Oc2cccn3nc(OCCCCN4CCN(c5ccccc5)CC4)c(c23)OC1=O. The second-order valence-electron chi connectivity index (χ2n) is 7.80. The predicted octanol–water partition coefficient (Wildman–Crippen LogP) is 2.14. The number of benzene rings is 1. The molecule has 1 fully saturated rings. The molecule has 0 amide bonds. The minimum absolute atomic E-state index is 0.119. The van der Waals surface area contributed by atoms with Crippen LogP contribution >= 0.6 is 0 Å². The minimum atomic E-state index is -1.09. The second kappa shape index (κ2) is 8.88. The van der Waals surface area contributed by atoms with Crippen LogP contribution in [0.4, 0.5) is 5.69 Å². The largest absolute Gasteiger partial charge is 0.474 e. The van der Waals surface area contributed by atoms with E-state index in [-0.39, 0.29) is 17.4 Å². The number of hydrogen-bond acceptors (Lipinski definition) is 8. The lowest BCUT2D eigenvalue weighted by Gasteiger charge is -2.36. The highest BCUT2D eigenvalue weighted by atomic mass is 16.6. The normalized spacial score (nSPS) is 16.6. The van der Waals surface area contributed by atoms with E-state index >= 15 is 0 Å². The van der Waals surface area contributed by atoms with E-state index in [9.17, 15) is 9.59 Å². The Bertz CT molecular complexity index is 1120. The number of para-hydroxylation sites is 1. The number of nitrogens with zero attached hydrogens (tertiary/aromatic N) is 4. The average Bonchev–Trinajstić information content (AvgIpc) is 3.11. The van der Waals surface area contributed by atoms with Crippen molar-refractivity contribution in [1.29, 1.82) is 0 Å². The molecule has 5 rings (SSSR count). The van der Waals surface area contributed by atoms with Crippen molar-refractivity contribution in [1.82, 2.24) is 14.5 Å². The monoisotopic (exact) mass is 436 g/mol. The molecule has 0 aliphatic carbocycles. The van der Waals surface area contributed by atoms with Crippen molar-refractivity contribution in [3.05, 3.63) is 48.7 Å². The summed E-state index contributed by atoms with van der Waals surface area (Å²) in [6.07, 6.45) is 3.50. The molecule has 32 heavy (non-hydrogen) atoms. The van der Waals surface area contributed by atoms with Gasteiger partial charge in [-0.1, -0.05) is 18.2 Å². The highest BCUT2D eigenvalue weighted by molar-refractivity contribution is 6.31. The highest BCUT2D eigenvalue weighted by Crippen LogP contribution is 2.38. The van der Waals surface area contributed by atoms with Crippen LogP contribution in [0, 0.1) is 0 Å². The third-order valence-electron chi connectivity index (χ3n) is 5.71. The smallest absolute Gasteiger partial charge is 0.423 e. The number of pyridine rings is 1. The predicted molar refractivity (Wildman–Crippen MR) is 116 cm³/mol. The summed E-state index contributed by atoms with van der Waals surface area (Å²) in [6.45, 7) is 5.57. The van der Waals surface area contributed by atoms with Crippen molar-refractivity contribution < 1.29 is 23.8 Å². The molecule has 4 heterocycles. The molecular formula is C23H24N4O5. The number of anilines is 1. The maximum atomic E-state index is 11.8. The van der Waals surface area contributed by atoms with Gasteiger partial charge < -0.3 is 19.1 Å². The molecule has 2 aromatic heterocycles. The van der Waals surface area contributed by atoms with Crippen LogP contribution in [0.5, 0.6) is 17.4 Å². The number of carbonyl (C=O) groups is 2. The summed E-state index contributed by atoms with van der Waals surface area (Å²) in [7, 11) is 0. The Morgan fingerprint density at radius 2 is 1.69 bits per heavy atom. The van der Waals surface area contributed by atoms with Gasteiger partial charge in [0, 0.05) is 38.1 Å². The first-order chi connectivity index (χ1) is 15.7. The Balaban J connectivity index is 1.11. The quantitative estimate of drug-likeness (QED) is 0.316. The summed E-state index contributed by atoms with van der Waals surface area (Å²) in [4.78, 5) is 28.4. The Hall–Kier alpha value is -3.59. The molecule has 2 aliphatic rings. The average molecular weight is 436 g/mol. The van der Waals surface area contributed by atoms with E-state index in [0.717, 1.165) is 45.6 Å². The summed E-state index contributed by atoms with van der Waals surface area (Å²) in [5, 5.41) is 4.32. The first kappa shape index (κ1) is 20.3. The van der Waals surface area contributed by atoms with Gasteiger partial charge in [0.05, 0.1) is 6.61 Å². The zero-order chi connectivity index (χ0) is 21.9. The Kier molecular flexibility index (Phi) is 5.64. The van der Waals surface area contributed by atoms with Crippen LogP contribution in [0.1, 0.15) is 12.8 Å². The first-order valence-electron chi connectivity index (χ1n) is 10.8. The van der Waals surface area contributed by atoms with E-state index in [4.69, 9.17) is 14.2 Å². The Morgan fingerprint density at radius 1 is 0.906 bits per heavy atom. The van der Waals surface area contributed by atoms with Crippen molar-refractivity contribution in [2.75, 3.05) is 44.2 Å². The maximum Gasteiger partial charge on any atom is 0.423 e. The van der Waals surface area contributed by atoms with Crippen molar-refractivity contribution >= 4 is 23.1 Å². The molecule has 0 N–H and O–H groups in total. The van der Waals surface area contributed by atoms with Gasteiger partial charge in [0.15, 0.2) is 11.3 Å². The molecule has 0 saturated carbocycles. The van der Waals surface area contributed by atoms with Crippen molar-refractivity contribution in [3.8, 4) is 17.4 Å². The lowest BCUT2D eigenvalue weighted by Crippen LogP contribution is -2.46. The van der Waals surface area contributed by atoms with Crippen molar-refractivity contribution in [2.45, 2.75) is 12.8 Å². The van der Waals surface area contributed by atoms with Gasteiger partial charge in [0.1, 0.15) is 0 Å². The van der Waals surface area contributed by atoms with Crippen LogP contribution in [-0.2, 0) is 9.59 Å². The van der Waals surface area contributed by atoms with Gasteiger partial charge in [0.25, 0.3) is 5.88 Å². The highest BCUT2D eigenvalue weighted by Gasteiger charge is 2.31. The van der Waals surface area contributed by atoms with Gasteiger partial charge in [-0.05, 0) is 43.7 Å². The molecule has 9 nitrogen and oxygen atoms in total. The number of carbonyl (C=O) groups excluding carboxylic acids is 2. The fourth-order valence-corrected chi connectivity index (χ4v) is 4.04. The third kappa shape index (κ3) is 4.11. The van der Waals surface area contributed by atoms with Crippen LogP contribution < -0.4 is 19.1 Å². The molecule has 1 saturated heterocycles. The number of ether oxygens (including phenoxy) is 3. The summed E-state index contributed by atoms with van der Waals surface area (Å²) in [6, 6.07) is 13.8. The number of rotatable bonds is 7. The standard InChI is InChI=1S/C23H24N4O5/c28-22-23(29)32-20-19-18(31-22)9-6-11-27(19)24-21(20)30-16-5-4-10-25-12-14-26(15-13-25)17-7-2-1-3-8-17/h1-3,6-9,11H,4-5,10,12-16H2. The molecule has 9 heteroatoms. The molecule has 0 bridgehead atoms. The molecule has 166 valence electrons. The van der Waals surface area contributed by atoms with Crippen LogP contribution in [0.2, 0.25) is 0 Å². The van der Waals surface area contributed by atoms with Crippen LogP contribution in [-0.4, -0.2) is 65.8 Å². The maximum absolute atomic E-state index is 11.8. The first-order valence-corrected chi connectivity index (χ1v) is 10.8. The fourth-order valence-electron chi connectivity index (χ4n) is 4.04. The van der Waals surface area contributed by atoms with Gasteiger partial charge >= 0.3 is 11.9 Å². The second-order valence-corrected chi connectivity index (χ2v) is 7.80. The zero-order valence-corrected chi connectivity index (χ0v) is 17.6. The summed E-state index contributed by atoms with van der Waals surface area (Å²) < 4.78 is 17.5. The Labute approximate surface area is 185 Å². The van der Waals surface area contributed by atoms with Crippen LogP contribution in [0.15, 0.2) is 48.7 Å². The van der Waals surface area contributed by atoms with E-state index < -0.39 is 11.9 Å². The molecule has 0 atom stereocenters. The molecule has 3 aromatic rings. The van der Waals surface area contributed by atoms with E-state index in [1.807, 2.05) is 6.07 Å². The molecular weight excluding hydrogens is 412 g/mol. The molecule has 2 aliphatic heterocycles. The number of aromatic nitrogens is 2. The van der Waals surface area contributed by atoms with Gasteiger partial charge in [0.2, 0.25) is 5.75 Å². The molecule has 0 radical (unpaired) electrons. The number of hydrogen-bond donors (Lipinski definition) is 0. The van der Waals surface area contributed by atoms with Gasteiger partial charge in [-0.3, -0.25) is 4.90 Å². The fraction of sp³-hybridized carbons (Fsp3) is 0.348. The summed E-state index contributed by atoms with van der Waals surface area (Å²) in [5.74, 6) is -1.63.